The molecule has 2 unspecified atom stereocenters. The van der Waals surface area contributed by atoms with Gasteiger partial charge in [0, 0.05) is 23.7 Å². The molecule has 1 N–H and O–H groups in total. The first kappa shape index (κ1) is 16.9. The zero-order valence-corrected chi connectivity index (χ0v) is 14.1. The SMILES string of the molecule is CCCNC(CC1CCCO1)c1cc(Cl)c(OC)cc1Cl. The highest BCUT2D eigenvalue weighted by atomic mass is 35.5. The maximum absolute atomic E-state index is 6.42. The molecule has 1 aliphatic rings. The van der Waals surface area contributed by atoms with Gasteiger partial charge in [0.25, 0.3) is 0 Å². The van der Waals surface area contributed by atoms with Crippen LogP contribution >= 0.6 is 23.2 Å². The molecule has 1 aliphatic heterocycles. The maximum atomic E-state index is 6.42. The largest absolute Gasteiger partial charge is 0.495 e. The van der Waals surface area contributed by atoms with E-state index in [9.17, 15) is 0 Å². The minimum Gasteiger partial charge on any atom is -0.495 e. The minimum absolute atomic E-state index is 0.156. The van der Waals surface area contributed by atoms with E-state index in [2.05, 4.69) is 12.2 Å². The first-order valence-corrected chi connectivity index (χ1v) is 8.29. The molecule has 3 nitrogen and oxygen atoms in total. The van der Waals surface area contributed by atoms with Crippen LogP contribution in [-0.2, 0) is 4.74 Å². The fourth-order valence-electron chi connectivity index (χ4n) is 2.70. The lowest BCUT2D eigenvalue weighted by atomic mass is 9.98. The Hall–Kier alpha value is -0.480. The van der Waals surface area contributed by atoms with Crippen LogP contribution in [0.5, 0.6) is 5.75 Å². The molecule has 5 heteroatoms. The molecule has 1 heterocycles. The molecule has 0 amide bonds. The van der Waals surface area contributed by atoms with Gasteiger partial charge in [0.1, 0.15) is 5.75 Å². The van der Waals surface area contributed by atoms with Gasteiger partial charge in [0.15, 0.2) is 0 Å². The van der Waals surface area contributed by atoms with Crippen molar-refractivity contribution in [1.82, 2.24) is 5.32 Å². The topological polar surface area (TPSA) is 30.5 Å². The van der Waals surface area contributed by atoms with Crippen LogP contribution < -0.4 is 10.1 Å². The number of methoxy groups -OCH3 is 1. The lowest BCUT2D eigenvalue weighted by molar-refractivity contribution is 0.0946. The molecule has 0 aromatic heterocycles. The van der Waals surface area contributed by atoms with Gasteiger partial charge in [-0.15, -0.1) is 0 Å². The molecular weight excluding hydrogens is 309 g/mol. The normalized spacial score (nSPS) is 19.7. The highest BCUT2D eigenvalue weighted by Crippen LogP contribution is 2.36. The van der Waals surface area contributed by atoms with E-state index in [0.29, 0.717) is 21.9 Å². The van der Waals surface area contributed by atoms with Gasteiger partial charge >= 0.3 is 0 Å². The predicted octanol–water partition coefficient (Wildman–Crippen LogP) is 4.61. The van der Waals surface area contributed by atoms with Gasteiger partial charge in [-0.3, -0.25) is 0 Å². The van der Waals surface area contributed by atoms with Crippen molar-refractivity contribution in [2.75, 3.05) is 20.3 Å². The molecule has 1 aromatic carbocycles. The maximum Gasteiger partial charge on any atom is 0.138 e. The van der Waals surface area contributed by atoms with E-state index in [1.807, 2.05) is 6.07 Å². The number of nitrogens with one attached hydrogen (secondary N) is 1. The Morgan fingerprint density at radius 1 is 1.38 bits per heavy atom. The molecule has 21 heavy (non-hydrogen) atoms. The Balaban J connectivity index is 2.20. The van der Waals surface area contributed by atoms with Gasteiger partial charge in [0.05, 0.1) is 18.2 Å². The van der Waals surface area contributed by atoms with E-state index in [1.54, 1.807) is 13.2 Å². The molecule has 0 bridgehead atoms. The summed E-state index contributed by atoms with van der Waals surface area (Å²) in [7, 11) is 1.59. The monoisotopic (exact) mass is 331 g/mol. The van der Waals surface area contributed by atoms with Crippen molar-refractivity contribution in [3.05, 3.63) is 27.7 Å². The van der Waals surface area contributed by atoms with Crippen LogP contribution in [0, 0.1) is 0 Å². The molecule has 2 atom stereocenters. The first-order valence-electron chi connectivity index (χ1n) is 7.53. The van der Waals surface area contributed by atoms with Gasteiger partial charge in [-0.25, -0.2) is 0 Å². The quantitative estimate of drug-likeness (QED) is 0.791. The van der Waals surface area contributed by atoms with E-state index in [4.69, 9.17) is 32.7 Å². The van der Waals surface area contributed by atoms with E-state index in [-0.39, 0.29) is 6.04 Å². The molecule has 2 rings (SSSR count). The second-order valence-corrected chi connectivity index (χ2v) is 6.20. The zero-order valence-electron chi connectivity index (χ0n) is 12.6. The van der Waals surface area contributed by atoms with E-state index >= 15 is 0 Å². The van der Waals surface area contributed by atoms with Crippen LogP contribution in [0.25, 0.3) is 0 Å². The Kier molecular flexibility index (Phi) is 6.62. The fourth-order valence-corrected chi connectivity index (χ4v) is 3.23. The average Bonchev–Trinajstić information content (AvgIpc) is 2.98. The van der Waals surface area contributed by atoms with Crippen molar-refractivity contribution in [1.29, 1.82) is 0 Å². The van der Waals surface area contributed by atoms with Crippen LogP contribution in [-0.4, -0.2) is 26.4 Å². The van der Waals surface area contributed by atoms with Gasteiger partial charge in [0.2, 0.25) is 0 Å². The second kappa shape index (κ2) is 8.23. The van der Waals surface area contributed by atoms with E-state index in [1.165, 1.54) is 0 Å². The third-order valence-electron chi connectivity index (χ3n) is 3.81. The van der Waals surface area contributed by atoms with Crippen molar-refractivity contribution >= 4 is 23.2 Å². The van der Waals surface area contributed by atoms with Gasteiger partial charge in [-0.2, -0.15) is 0 Å². The van der Waals surface area contributed by atoms with E-state index < -0.39 is 0 Å². The summed E-state index contributed by atoms with van der Waals surface area (Å²) in [5.41, 5.74) is 1.02. The molecule has 0 radical (unpaired) electrons. The standard InChI is InChI=1S/C16H23Cl2NO2/c1-3-6-19-15(8-11-5-4-7-21-11)12-9-14(18)16(20-2)10-13(12)17/h9-11,15,19H,3-8H2,1-2H3. The lowest BCUT2D eigenvalue weighted by Gasteiger charge is -2.23. The summed E-state index contributed by atoms with van der Waals surface area (Å²) in [6.45, 7) is 3.96. The molecule has 118 valence electrons. The number of ether oxygens (including phenoxy) is 2. The van der Waals surface area contributed by atoms with Crippen LogP contribution in [0.2, 0.25) is 10.0 Å². The fraction of sp³-hybridized carbons (Fsp3) is 0.625. The molecule has 1 saturated heterocycles. The smallest absolute Gasteiger partial charge is 0.138 e. The molecule has 1 aromatic rings. The molecule has 0 aliphatic carbocycles. The summed E-state index contributed by atoms with van der Waals surface area (Å²) in [4.78, 5) is 0. The Bertz CT molecular complexity index is 462. The van der Waals surface area contributed by atoms with Gasteiger partial charge in [-0.05, 0) is 43.9 Å². The summed E-state index contributed by atoms with van der Waals surface area (Å²) in [6, 6.07) is 3.85. The van der Waals surface area contributed by atoms with Gasteiger partial charge < -0.3 is 14.8 Å². The van der Waals surface area contributed by atoms with Crippen LogP contribution in [0.1, 0.15) is 44.2 Å². The first-order chi connectivity index (χ1) is 10.2. The summed E-state index contributed by atoms with van der Waals surface area (Å²) in [6.07, 6.45) is 4.55. The van der Waals surface area contributed by atoms with Crippen LogP contribution in [0.15, 0.2) is 12.1 Å². The van der Waals surface area contributed by atoms with Crippen LogP contribution in [0.3, 0.4) is 0 Å². The van der Waals surface area contributed by atoms with Crippen molar-refractivity contribution in [3.8, 4) is 5.75 Å². The number of halogens is 2. The van der Waals surface area contributed by atoms with E-state index in [0.717, 1.165) is 44.4 Å². The summed E-state index contributed by atoms with van der Waals surface area (Å²) >= 11 is 12.7. The number of rotatable bonds is 7. The van der Waals surface area contributed by atoms with Crippen LogP contribution in [0.4, 0.5) is 0 Å². The summed E-state index contributed by atoms with van der Waals surface area (Å²) < 4.78 is 11.0. The minimum atomic E-state index is 0.156. The summed E-state index contributed by atoms with van der Waals surface area (Å²) in [5, 5.41) is 4.83. The molecule has 1 fully saturated rings. The number of hydrogen-bond acceptors (Lipinski definition) is 3. The Morgan fingerprint density at radius 2 is 2.19 bits per heavy atom. The molecule has 0 saturated carbocycles. The molecule has 0 spiro atoms. The Labute approximate surface area is 136 Å². The highest BCUT2D eigenvalue weighted by Gasteiger charge is 2.24. The zero-order chi connectivity index (χ0) is 15.2. The Morgan fingerprint density at radius 3 is 2.81 bits per heavy atom. The third kappa shape index (κ3) is 4.49. The molecular formula is C16H23Cl2NO2. The van der Waals surface area contributed by atoms with Crippen molar-refractivity contribution < 1.29 is 9.47 Å². The second-order valence-electron chi connectivity index (χ2n) is 5.39. The van der Waals surface area contributed by atoms with Crippen molar-refractivity contribution in [2.45, 2.75) is 44.8 Å². The summed E-state index contributed by atoms with van der Waals surface area (Å²) in [5.74, 6) is 0.608. The third-order valence-corrected chi connectivity index (χ3v) is 4.43. The highest BCUT2D eigenvalue weighted by molar-refractivity contribution is 6.34. The lowest BCUT2D eigenvalue weighted by Crippen LogP contribution is -2.26. The number of hydrogen-bond donors (Lipinski definition) is 1. The van der Waals surface area contributed by atoms with Crippen molar-refractivity contribution in [2.24, 2.45) is 0 Å². The average molecular weight is 332 g/mol. The predicted molar refractivity (Wildman–Crippen MR) is 87.6 cm³/mol. The van der Waals surface area contributed by atoms with Crippen molar-refractivity contribution in [3.63, 3.8) is 0 Å². The van der Waals surface area contributed by atoms with Gasteiger partial charge in [-0.1, -0.05) is 30.1 Å². The number of benzene rings is 1.